The molecule has 0 saturated carbocycles. The lowest BCUT2D eigenvalue weighted by Crippen LogP contribution is -2.55. The predicted octanol–water partition coefficient (Wildman–Crippen LogP) is 0.379. The maximum absolute atomic E-state index is 12.6. The van der Waals surface area contributed by atoms with E-state index in [1.54, 1.807) is 6.92 Å². The monoisotopic (exact) mass is 220 g/mol. The third kappa shape index (κ3) is 3.81. The molecular weight excluding hydrogens is 206 g/mol. The largest absolute Gasteiger partial charge is 0.350 e. The Labute approximate surface area is 86.6 Å². The highest BCUT2D eigenvalue weighted by Crippen LogP contribution is 2.18. The van der Waals surface area contributed by atoms with Crippen LogP contribution in [0.1, 0.15) is 20.3 Å². The van der Waals surface area contributed by atoms with Crippen molar-refractivity contribution in [3.63, 3.8) is 0 Å². The van der Waals surface area contributed by atoms with Crippen molar-refractivity contribution in [1.29, 1.82) is 0 Å². The number of rotatable bonds is 2. The summed E-state index contributed by atoms with van der Waals surface area (Å²) >= 11 is 0. The molecule has 1 N–H and O–H groups in total. The molecule has 0 aliphatic carbocycles. The number of piperazine rings is 1. The average molecular weight is 220 g/mol. The molecule has 0 aromatic heterocycles. The highest BCUT2D eigenvalue weighted by molar-refractivity contribution is 5.86. The number of amides is 2. The topological polar surface area (TPSA) is 49.4 Å². The molecule has 15 heavy (non-hydrogen) atoms. The average Bonchev–Trinajstić information content (AvgIpc) is 1.98. The number of carbonyl (C=O) groups is 2. The molecule has 0 spiro atoms. The molecule has 1 aliphatic heterocycles. The van der Waals surface area contributed by atoms with Gasteiger partial charge in [0.2, 0.25) is 11.8 Å². The number of carbonyl (C=O) groups excluding carboxylic acids is 2. The summed E-state index contributed by atoms with van der Waals surface area (Å²) in [6, 6.07) is -0.180. The molecule has 1 rings (SSSR count). The number of hydrogen-bond donors (Lipinski definition) is 1. The summed E-state index contributed by atoms with van der Waals surface area (Å²) in [6.07, 6.45) is -0.840. The van der Waals surface area contributed by atoms with Crippen LogP contribution in [0.5, 0.6) is 0 Å². The quantitative estimate of drug-likeness (QED) is 0.731. The zero-order valence-electron chi connectivity index (χ0n) is 8.72. The molecule has 2 amide bonds. The van der Waals surface area contributed by atoms with Crippen molar-refractivity contribution < 1.29 is 18.4 Å². The number of nitrogens with zero attached hydrogens (tertiary/aromatic N) is 1. The maximum atomic E-state index is 12.6. The summed E-state index contributed by atoms with van der Waals surface area (Å²) in [5, 5.41) is 2.61. The van der Waals surface area contributed by atoms with Crippen molar-refractivity contribution in [3.05, 3.63) is 0 Å². The van der Waals surface area contributed by atoms with E-state index in [4.69, 9.17) is 0 Å². The van der Waals surface area contributed by atoms with Gasteiger partial charge in [0.15, 0.2) is 0 Å². The van der Waals surface area contributed by atoms with E-state index in [0.29, 0.717) is 13.5 Å². The number of alkyl halides is 2. The van der Waals surface area contributed by atoms with E-state index >= 15 is 0 Å². The Kier molecular flexibility index (Phi) is 3.26. The summed E-state index contributed by atoms with van der Waals surface area (Å²) in [7, 11) is 0. The second-order valence-corrected chi connectivity index (χ2v) is 3.99. The van der Waals surface area contributed by atoms with Gasteiger partial charge in [-0.3, -0.25) is 9.59 Å². The Bertz CT molecular complexity index is 276. The van der Waals surface area contributed by atoms with Gasteiger partial charge in [-0.1, -0.05) is 0 Å². The van der Waals surface area contributed by atoms with Gasteiger partial charge in [-0.15, -0.1) is 0 Å². The second kappa shape index (κ2) is 4.12. The minimum Gasteiger partial charge on any atom is -0.350 e. The third-order valence-corrected chi connectivity index (χ3v) is 2.05. The standard InChI is InChI=1S/C9H14F2N2O2/c1-6-4-13(5-7(14)12-6)8(15)3-9(2,10)11/h6H,3-5H2,1-2H3,(H,12,14). The van der Waals surface area contributed by atoms with E-state index < -0.39 is 18.3 Å². The van der Waals surface area contributed by atoms with Crippen molar-refractivity contribution in [2.45, 2.75) is 32.2 Å². The van der Waals surface area contributed by atoms with Crippen LogP contribution in [0.2, 0.25) is 0 Å². The van der Waals surface area contributed by atoms with Crippen molar-refractivity contribution >= 4 is 11.8 Å². The van der Waals surface area contributed by atoms with E-state index in [-0.39, 0.29) is 18.5 Å². The third-order valence-electron chi connectivity index (χ3n) is 2.05. The first-order valence-electron chi connectivity index (χ1n) is 4.73. The van der Waals surface area contributed by atoms with Crippen LogP contribution in [-0.4, -0.2) is 41.8 Å². The van der Waals surface area contributed by atoms with Gasteiger partial charge in [0, 0.05) is 12.6 Å². The lowest BCUT2D eigenvalue weighted by atomic mass is 10.2. The summed E-state index contributed by atoms with van der Waals surface area (Å²) < 4.78 is 25.1. The molecule has 1 fully saturated rings. The first-order valence-corrected chi connectivity index (χ1v) is 4.73. The van der Waals surface area contributed by atoms with Crippen LogP contribution in [0, 0.1) is 0 Å². The van der Waals surface area contributed by atoms with E-state index in [1.165, 1.54) is 4.90 Å². The molecule has 0 bridgehead atoms. The highest BCUT2D eigenvalue weighted by atomic mass is 19.3. The minimum absolute atomic E-state index is 0.126. The van der Waals surface area contributed by atoms with Gasteiger partial charge in [0.25, 0.3) is 5.92 Å². The van der Waals surface area contributed by atoms with Crippen LogP contribution in [0.15, 0.2) is 0 Å². The molecule has 1 saturated heterocycles. The van der Waals surface area contributed by atoms with Gasteiger partial charge in [0.1, 0.15) is 0 Å². The van der Waals surface area contributed by atoms with Crippen LogP contribution in [0.25, 0.3) is 0 Å². The van der Waals surface area contributed by atoms with Gasteiger partial charge in [-0.2, -0.15) is 0 Å². The van der Waals surface area contributed by atoms with E-state index in [0.717, 1.165) is 0 Å². The van der Waals surface area contributed by atoms with Crippen LogP contribution < -0.4 is 5.32 Å². The number of nitrogens with one attached hydrogen (secondary N) is 1. The first kappa shape index (κ1) is 11.9. The molecule has 0 aromatic carbocycles. The van der Waals surface area contributed by atoms with Crippen molar-refractivity contribution in [2.75, 3.05) is 13.1 Å². The summed E-state index contributed by atoms with van der Waals surface area (Å²) in [6.45, 7) is 2.58. The SMILES string of the molecule is CC1CN(C(=O)CC(C)(F)F)CC(=O)N1. The molecule has 4 nitrogen and oxygen atoms in total. The number of halogens is 2. The Morgan fingerprint density at radius 2 is 2.27 bits per heavy atom. The number of hydrogen-bond acceptors (Lipinski definition) is 2. The molecule has 1 heterocycles. The molecule has 1 atom stereocenters. The smallest absolute Gasteiger partial charge is 0.254 e. The Morgan fingerprint density at radius 3 is 2.73 bits per heavy atom. The van der Waals surface area contributed by atoms with Gasteiger partial charge in [-0.05, 0) is 13.8 Å². The zero-order valence-corrected chi connectivity index (χ0v) is 8.72. The van der Waals surface area contributed by atoms with Gasteiger partial charge < -0.3 is 10.2 Å². The molecule has 6 heteroatoms. The fourth-order valence-electron chi connectivity index (χ4n) is 1.50. The summed E-state index contributed by atoms with van der Waals surface area (Å²) in [4.78, 5) is 23.6. The molecule has 0 radical (unpaired) electrons. The minimum atomic E-state index is -3.02. The normalized spacial score (nSPS) is 22.5. The lowest BCUT2D eigenvalue weighted by Gasteiger charge is -2.31. The second-order valence-electron chi connectivity index (χ2n) is 3.99. The molecule has 0 aromatic rings. The Morgan fingerprint density at radius 1 is 1.67 bits per heavy atom. The van der Waals surface area contributed by atoms with Gasteiger partial charge >= 0.3 is 0 Å². The fraction of sp³-hybridized carbons (Fsp3) is 0.778. The Hall–Kier alpha value is -1.20. The van der Waals surface area contributed by atoms with E-state index in [2.05, 4.69) is 5.32 Å². The first-order chi connectivity index (χ1) is 6.78. The molecule has 86 valence electrons. The van der Waals surface area contributed by atoms with Crippen LogP contribution in [0.3, 0.4) is 0 Å². The molecule has 1 aliphatic rings. The molecular formula is C9H14F2N2O2. The highest BCUT2D eigenvalue weighted by Gasteiger charge is 2.32. The van der Waals surface area contributed by atoms with Crippen molar-refractivity contribution in [2.24, 2.45) is 0 Å². The van der Waals surface area contributed by atoms with Gasteiger partial charge in [0.05, 0.1) is 13.0 Å². The van der Waals surface area contributed by atoms with Crippen molar-refractivity contribution in [3.8, 4) is 0 Å². The lowest BCUT2D eigenvalue weighted by molar-refractivity contribution is -0.144. The van der Waals surface area contributed by atoms with Crippen molar-refractivity contribution in [1.82, 2.24) is 10.2 Å². The van der Waals surface area contributed by atoms with Gasteiger partial charge in [-0.25, -0.2) is 8.78 Å². The summed E-state index contributed by atoms with van der Waals surface area (Å²) in [5.41, 5.74) is 0. The summed E-state index contributed by atoms with van der Waals surface area (Å²) in [5.74, 6) is -4.00. The van der Waals surface area contributed by atoms with Crippen LogP contribution in [0.4, 0.5) is 8.78 Å². The van der Waals surface area contributed by atoms with E-state index in [1.807, 2.05) is 0 Å². The van der Waals surface area contributed by atoms with Crippen LogP contribution >= 0.6 is 0 Å². The molecule has 1 unspecified atom stereocenters. The maximum Gasteiger partial charge on any atom is 0.254 e. The zero-order chi connectivity index (χ0) is 11.6. The Balaban J connectivity index is 2.56. The van der Waals surface area contributed by atoms with E-state index in [9.17, 15) is 18.4 Å². The fourth-order valence-corrected chi connectivity index (χ4v) is 1.50. The predicted molar refractivity (Wildman–Crippen MR) is 49.4 cm³/mol. The van der Waals surface area contributed by atoms with Crippen LogP contribution in [-0.2, 0) is 9.59 Å².